The fourth-order valence-corrected chi connectivity index (χ4v) is 2.88. The average Bonchev–Trinajstić information content (AvgIpc) is 2.65. The lowest BCUT2D eigenvalue weighted by Crippen LogP contribution is -2.39. The van der Waals surface area contributed by atoms with Crippen LogP contribution in [0.25, 0.3) is 0 Å². The number of likely N-dealkylation sites (N-methyl/N-ethyl adjacent to an activating group) is 1. The minimum Gasteiger partial charge on any atom is -0.492 e. The molecule has 2 aromatic rings. The number of carboxylic acids is 1. The van der Waals surface area contributed by atoms with Crippen molar-refractivity contribution in [2.45, 2.75) is 26.4 Å². The minimum atomic E-state index is -0.924. The first-order chi connectivity index (χ1) is 13.0. The Labute approximate surface area is 162 Å². The second-order valence-corrected chi connectivity index (χ2v) is 7.03. The van der Waals surface area contributed by atoms with Gasteiger partial charge in [-0.2, -0.15) is 0 Å². The van der Waals surface area contributed by atoms with Crippen LogP contribution in [0.5, 0.6) is 5.75 Å². The largest absolute Gasteiger partial charge is 0.492 e. The molecular formula is C22H30N2O3. The van der Waals surface area contributed by atoms with Crippen molar-refractivity contribution in [3.63, 3.8) is 0 Å². The number of carboxylic acid groups (broad SMARTS) is 1. The van der Waals surface area contributed by atoms with Crippen LogP contribution in [-0.2, 0) is 6.54 Å². The van der Waals surface area contributed by atoms with Gasteiger partial charge in [0.15, 0.2) is 0 Å². The molecule has 27 heavy (non-hydrogen) atoms. The second-order valence-electron chi connectivity index (χ2n) is 7.03. The van der Waals surface area contributed by atoms with E-state index in [-0.39, 0.29) is 5.56 Å². The Hall–Kier alpha value is -2.37. The Morgan fingerprint density at radius 2 is 1.67 bits per heavy atom. The van der Waals surface area contributed by atoms with Gasteiger partial charge in [-0.3, -0.25) is 4.90 Å². The summed E-state index contributed by atoms with van der Waals surface area (Å²) >= 11 is 0. The van der Waals surface area contributed by atoms with Crippen LogP contribution in [0.3, 0.4) is 0 Å². The normalized spacial score (nSPS) is 11.3. The molecule has 0 amide bonds. The van der Waals surface area contributed by atoms with E-state index in [9.17, 15) is 4.79 Å². The fourth-order valence-electron chi connectivity index (χ4n) is 2.88. The maximum absolute atomic E-state index is 10.9. The topological polar surface area (TPSA) is 53.0 Å². The summed E-state index contributed by atoms with van der Waals surface area (Å²) in [4.78, 5) is 15.6. The van der Waals surface area contributed by atoms with E-state index in [1.165, 1.54) is 5.56 Å². The molecule has 0 spiro atoms. The van der Waals surface area contributed by atoms with Gasteiger partial charge in [0.05, 0.1) is 5.56 Å². The van der Waals surface area contributed by atoms with Gasteiger partial charge in [0.2, 0.25) is 0 Å². The number of benzene rings is 2. The molecule has 2 aromatic carbocycles. The average molecular weight is 370 g/mol. The zero-order chi connectivity index (χ0) is 19.6. The van der Waals surface area contributed by atoms with Crippen LogP contribution in [0.4, 0.5) is 0 Å². The van der Waals surface area contributed by atoms with E-state index >= 15 is 0 Å². The number of aromatic carboxylic acids is 1. The Kier molecular flexibility index (Phi) is 8.30. The molecule has 0 aliphatic rings. The smallest absolute Gasteiger partial charge is 0.335 e. The molecule has 0 heterocycles. The van der Waals surface area contributed by atoms with Gasteiger partial charge in [0.25, 0.3) is 0 Å². The van der Waals surface area contributed by atoms with Crippen LogP contribution < -0.4 is 4.74 Å². The van der Waals surface area contributed by atoms with Gasteiger partial charge in [0.1, 0.15) is 12.4 Å². The SMILES string of the molecule is CC(C)N(CCOc1ccc(C(=O)O)cc1)CCN(C)Cc1ccccc1. The van der Waals surface area contributed by atoms with Gasteiger partial charge in [-0.1, -0.05) is 30.3 Å². The molecule has 0 unspecified atom stereocenters. The Morgan fingerprint density at radius 1 is 1.00 bits per heavy atom. The van der Waals surface area contributed by atoms with Crippen molar-refractivity contribution in [2.24, 2.45) is 0 Å². The Bertz CT molecular complexity index is 686. The van der Waals surface area contributed by atoms with Crippen molar-refractivity contribution < 1.29 is 14.6 Å². The summed E-state index contributed by atoms with van der Waals surface area (Å²) in [7, 11) is 2.14. The van der Waals surface area contributed by atoms with E-state index in [1.807, 2.05) is 6.07 Å². The third-order valence-corrected chi connectivity index (χ3v) is 4.54. The maximum Gasteiger partial charge on any atom is 0.335 e. The number of hydrogen-bond acceptors (Lipinski definition) is 4. The maximum atomic E-state index is 10.9. The first-order valence-corrected chi connectivity index (χ1v) is 9.38. The van der Waals surface area contributed by atoms with Gasteiger partial charge >= 0.3 is 5.97 Å². The molecule has 0 saturated heterocycles. The molecule has 2 rings (SSSR count). The molecule has 0 aromatic heterocycles. The first kappa shape index (κ1) is 20.9. The molecule has 0 aliphatic heterocycles. The van der Waals surface area contributed by atoms with Gasteiger partial charge in [-0.05, 0) is 50.7 Å². The predicted octanol–water partition coefficient (Wildman–Crippen LogP) is 3.61. The standard InChI is InChI=1S/C22H30N2O3/c1-18(2)24(14-13-23(3)17-19-7-5-4-6-8-19)15-16-27-21-11-9-20(10-12-21)22(25)26/h4-12,18H,13-17H2,1-3H3,(H,25,26). The molecule has 0 atom stereocenters. The molecule has 0 fully saturated rings. The van der Waals surface area contributed by atoms with E-state index in [0.717, 1.165) is 26.2 Å². The highest BCUT2D eigenvalue weighted by Crippen LogP contribution is 2.12. The predicted molar refractivity (Wildman–Crippen MR) is 108 cm³/mol. The summed E-state index contributed by atoms with van der Waals surface area (Å²) in [6, 6.07) is 17.5. The van der Waals surface area contributed by atoms with E-state index in [2.05, 4.69) is 55.0 Å². The van der Waals surface area contributed by atoms with E-state index in [1.54, 1.807) is 24.3 Å². The fraction of sp³-hybridized carbons (Fsp3) is 0.409. The molecule has 1 N–H and O–H groups in total. The number of hydrogen-bond donors (Lipinski definition) is 1. The summed E-state index contributed by atoms with van der Waals surface area (Å²) in [6.45, 7) is 8.70. The molecule has 0 aliphatic carbocycles. The van der Waals surface area contributed by atoms with Gasteiger partial charge in [0, 0.05) is 32.2 Å². The lowest BCUT2D eigenvalue weighted by Gasteiger charge is -2.28. The quantitative estimate of drug-likeness (QED) is 0.655. The first-order valence-electron chi connectivity index (χ1n) is 9.38. The Morgan fingerprint density at radius 3 is 2.26 bits per heavy atom. The lowest BCUT2D eigenvalue weighted by atomic mass is 10.2. The molecule has 5 heteroatoms. The Balaban J connectivity index is 1.75. The van der Waals surface area contributed by atoms with Gasteiger partial charge < -0.3 is 14.7 Å². The van der Waals surface area contributed by atoms with Crippen LogP contribution in [0.1, 0.15) is 29.8 Å². The zero-order valence-electron chi connectivity index (χ0n) is 16.5. The van der Waals surface area contributed by atoms with Crippen molar-refractivity contribution in [3.8, 4) is 5.75 Å². The van der Waals surface area contributed by atoms with Crippen LogP contribution in [0.15, 0.2) is 54.6 Å². The monoisotopic (exact) mass is 370 g/mol. The van der Waals surface area contributed by atoms with E-state index < -0.39 is 5.97 Å². The number of ether oxygens (including phenoxy) is 1. The van der Waals surface area contributed by atoms with Crippen molar-refractivity contribution in [2.75, 3.05) is 33.3 Å². The third-order valence-electron chi connectivity index (χ3n) is 4.54. The lowest BCUT2D eigenvalue weighted by molar-refractivity contribution is 0.0697. The minimum absolute atomic E-state index is 0.271. The molecular weight excluding hydrogens is 340 g/mol. The van der Waals surface area contributed by atoms with Crippen molar-refractivity contribution in [3.05, 3.63) is 65.7 Å². The summed E-state index contributed by atoms with van der Waals surface area (Å²) in [5, 5.41) is 8.93. The van der Waals surface area contributed by atoms with Gasteiger partial charge in [-0.25, -0.2) is 4.79 Å². The molecule has 0 bridgehead atoms. The van der Waals surface area contributed by atoms with Crippen molar-refractivity contribution in [1.82, 2.24) is 9.80 Å². The van der Waals surface area contributed by atoms with Crippen LogP contribution in [-0.4, -0.2) is 60.2 Å². The second kappa shape index (κ2) is 10.7. The van der Waals surface area contributed by atoms with Gasteiger partial charge in [-0.15, -0.1) is 0 Å². The van der Waals surface area contributed by atoms with Crippen LogP contribution in [0, 0.1) is 0 Å². The summed E-state index contributed by atoms with van der Waals surface area (Å²) in [5.41, 5.74) is 1.59. The highest BCUT2D eigenvalue weighted by atomic mass is 16.5. The molecule has 146 valence electrons. The summed E-state index contributed by atoms with van der Waals surface area (Å²) in [6.07, 6.45) is 0. The summed E-state index contributed by atoms with van der Waals surface area (Å²) in [5.74, 6) is -0.225. The van der Waals surface area contributed by atoms with Crippen LogP contribution >= 0.6 is 0 Å². The number of nitrogens with zero attached hydrogens (tertiary/aromatic N) is 2. The third kappa shape index (κ3) is 7.41. The molecule has 0 saturated carbocycles. The highest BCUT2D eigenvalue weighted by Gasteiger charge is 2.11. The van der Waals surface area contributed by atoms with Crippen molar-refractivity contribution in [1.29, 1.82) is 0 Å². The zero-order valence-corrected chi connectivity index (χ0v) is 16.5. The highest BCUT2D eigenvalue weighted by molar-refractivity contribution is 5.87. The van der Waals surface area contributed by atoms with E-state index in [0.29, 0.717) is 18.4 Å². The molecule has 0 radical (unpaired) electrons. The van der Waals surface area contributed by atoms with Crippen LogP contribution in [0.2, 0.25) is 0 Å². The number of rotatable bonds is 11. The number of carbonyl (C=O) groups is 1. The van der Waals surface area contributed by atoms with Crippen molar-refractivity contribution >= 4 is 5.97 Å². The van der Waals surface area contributed by atoms with E-state index in [4.69, 9.17) is 9.84 Å². The summed E-state index contributed by atoms with van der Waals surface area (Å²) < 4.78 is 5.78. The molecule has 5 nitrogen and oxygen atoms in total.